The fraction of sp³-hybridized carbons (Fsp3) is 0.211. The van der Waals surface area contributed by atoms with Crippen molar-refractivity contribution in [3.05, 3.63) is 54.6 Å². The molecule has 6 heteroatoms. The molecule has 1 amide bonds. The van der Waals surface area contributed by atoms with Crippen LogP contribution in [0.1, 0.15) is 0 Å². The zero-order valence-corrected chi connectivity index (χ0v) is 14.7. The Morgan fingerprint density at radius 2 is 1.60 bits per heavy atom. The van der Waals surface area contributed by atoms with E-state index in [2.05, 4.69) is 4.90 Å². The molecule has 1 aromatic heterocycles. The Kier molecular flexibility index (Phi) is 4.28. The lowest BCUT2D eigenvalue weighted by atomic mass is 10.2. The first-order valence-electron chi connectivity index (χ1n) is 8.18. The van der Waals surface area contributed by atoms with Crippen molar-refractivity contribution in [2.75, 3.05) is 35.7 Å². The SMILES string of the molecule is CN1CCN(C(=O)CSc2ccccc2)c2nc3ccccc3nc21. The molecule has 0 saturated carbocycles. The topological polar surface area (TPSA) is 49.3 Å². The largest absolute Gasteiger partial charge is 0.355 e. The number of anilines is 2. The number of nitrogens with zero attached hydrogens (tertiary/aromatic N) is 4. The van der Waals surface area contributed by atoms with Crippen LogP contribution in [0.2, 0.25) is 0 Å². The third-order valence-electron chi connectivity index (χ3n) is 4.22. The van der Waals surface area contributed by atoms with Gasteiger partial charge in [0.1, 0.15) is 0 Å². The van der Waals surface area contributed by atoms with E-state index in [0.29, 0.717) is 18.1 Å². The molecular formula is C19H18N4OS. The zero-order chi connectivity index (χ0) is 17.2. The highest BCUT2D eigenvalue weighted by Crippen LogP contribution is 2.31. The minimum absolute atomic E-state index is 0.0628. The van der Waals surface area contributed by atoms with Crippen LogP contribution in [-0.4, -0.2) is 41.8 Å². The van der Waals surface area contributed by atoms with Gasteiger partial charge in [-0.05, 0) is 24.3 Å². The lowest BCUT2D eigenvalue weighted by molar-refractivity contribution is -0.116. The van der Waals surface area contributed by atoms with Gasteiger partial charge >= 0.3 is 0 Å². The molecule has 2 heterocycles. The minimum atomic E-state index is 0.0628. The number of hydrogen-bond donors (Lipinski definition) is 0. The van der Waals surface area contributed by atoms with Crippen molar-refractivity contribution < 1.29 is 4.79 Å². The van der Waals surface area contributed by atoms with Gasteiger partial charge in [-0.1, -0.05) is 30.3 Å². The number of aromatic nitrogens is 2. The molecule has 1 aliphatic heterocycles. The van der Waals surface area contributed by atoms with Gasteiger partial charge in [0.2, 0.25) is 5.91 Å². The maximum atomic E-state index is 12.8. The number of likely N-dealkylation sites (N-methyl/N-ethyl adjacent to an activating group) is 1. The van der Waals surface area contributed by atoms with E-state index < -0.39 is 0 Å². The Balaban J connectivity index is 1.62. The first kappa shape index (κ1) is 15.9. The normalized spacial score (nSPS) is 13.8. The van der Waals surface area contributed by atoms with Crippen LogP contribution in [-0.2, 0) is 4.79 Å². The molecule has 0 N–H and O–H groups in total. The number of para-hydroxylation sites is 2. The molecule has 4 rings (SSSR count). The van der Waals surface area contributed by atoms with Gasteiger partial charge in [-0.15, -0.1) is 11.8 Å². The van der Waals surface area contributed by atoms with E-state index in [1.54, 1.807) is 16.7 Å². The molecule has 25 heavy (non-hydrogen) atoms. The van der Waals surface area contributed by atoms with Gasteiger partial charge in [0, 0.05) is 25.0 Å². The first-order chi connectivity index (χ1) is 12.2. The average Bonchev–Trinajstić information content (AvgIpc) is 2.66. The van der Waals surface area contributed by atoms with Crippen LogP contribution in [0.3, 0.4) is 0 Å². The molecule has 3 aromatic rings. The lowest BCUT2D eigenvalue weighted by Crippen LogP contribution is -2.44. The second kappa shape index (κ2) is 6.72. The molecule has 1 aliphatic rings. The summed E-state index contributed by atoms with van der Waals surface area (Å²) < 4.78 is 0. The summed E-state index contributed by atoms with van der Waals surface area (Å²) in [5.74, 6) is 1.88. The molecule has 0 atom stereocenters. The van der Waals surface area contributed by atoms with Crippen molar-refractivity contribution in [1.29, 1.82) is 0 Å². The number of carbonyl (C=O) groups excluding carboxylic acids is 1. The molecule has 0 radical (unpaired) electrons. The third kappa shape index (κ3) is 3.17. The second-order valence-electron chi connectivity index (χ2n) is 5.93. The highest BCUT2D eigenvalue weighted by atomic mass is 32.2. The smallest absolute Gasteiger partial charge is 0.238 e. The molecule has 126 valence electrons. The summed E-state index contributed by atoms with van der Waals surface area (Å²) >= 11 is 1.55. The Hall–Kier alpha value is -2.60. The summed E-state index contributed by atoms with van der Waals surface area (Å²) in [5.41, 5.74) is 1.66. The van der Waals surface area contributed by atoms with Crippen molar-refractivity contribution in [2.24, 2.45) is 0 Å². The number of benzene rings is 2. The van der Waals surface area contributed by atoms with Crippen LogP contribution in [0.5, 0.6) is 0 Å². The molecular weight excluding hydrogens is 332 g/mol. The number of thioether (sulfide) groups is 1. The fourth-order valence-electron chi connectivity index (χ4n) is 2.86. The lowest BCUT2D eigenvalue weighted by Gasteiger charge is -2.33. The number of carbonyl (C=O) groups is 1. The predicted molar refractivity (Wildman–Crippen MR) is 102 cm³/mol. The van der Waals surface area contributed by atoms with E-state index in [0.717, 1.165) is 28.3 Å². The van der Waals surface area contributed by atoms with E-state index in [1.165, 1.54) is 0 Å². The molecule has 2 aromatic carbocycles. The second-order valence-corrected chi connectivity index (χ2v) is 6.98. The molecule has 0 spiro atoms. The Bertz CT molecular complexity index is 916. The van der Waals surface area contributed by atoms with Gasteiger partial charge in [-0.3, -0.25) is 9.69 Å². The molecule has 0 unspecified atom stereocenters. The zero-order valence-electron chi connectivity index (χ0n) is 13.9. The van der Waals surface area contributed by atoms with Gasteiger partial charge in [0.25, 0.3) is 0 Å². The number of hydrogen-bond acceptors (Lipinski definition) is 5. The number of amides is 1. The highest BCUT2D eigenvalue weighted by molar-refractivity contribution is 8.00. The monoisotopic (exact) mass is 350 g/mol. The van der Waals surface area contributed by atoms with E-state index in [4.69, 9.17) is 9.97 Å². The van der Waals surface area contributed by atoms with E-state index in [-0.39, 0.29) is 5.91 Å². The summed E-state index contributed by atoms with van der Waals surface area (Å²) in [4.78, 5) is 27.1. The maximum Gasteiger partial charge on any atom is 0.238 e. The van der Waals surface area contributed by atoms with E-state index in [9.17, 15) is 4.79 Å². The van der Waals surface area contributed by atoms with Crippen LogP contribution in [0.4, 0.5) is 11.6 Å². The third-order valence-corrected chi connectivity index (χ3v) is 5.21. The Morgan fingerprint density at radius 1 is 0.960 bits per heavy atom. The predicted octanol–water partition coefficient (Wildman–Crippen LogP) is 3.20. The van der Waals surface area contributed by atoms with Crippen molar-refractivity contribution in [3.8, 4) is 0 Å². The van der Waals surface area contributed by atoms with E-state index >= 15 is 0 Å². The van der Waals surface area contributed by atoms with Crippen LogP contribution >= 0.6 is 11.8 Å². The molecule has 0 saturated heterocycles. The summed E-state index contributed by atoms with van der Waals surface area (Å²) in [7, 11) is 1.99. The summed E-state index contributed by atoms with van der Waals surface area (Å²) in [6.07, 6.45) is 0. The number of rotatable bonds is 3. The minimum Gasteiger partial charge on any atom is -0.355 e. The average molecular weight is 350 g/mol. The number of fused-ring (bicyclic) bond motifs is 2. The van der Waals surface area contributed by atoms with Gasteiger partial charge in [-0.25, -0.2) is 9.97 Å². The van der Waals surface area contributed by atoms with Crippen LogP contribution < -0.4 is 9.80 Å². The summed E-state index contributed by atoms with van der Waals surface area (Å²) in [5, 5.41) is 0. The van der Waals surface area contributed by atoms with E-state index in [1.807, 2.05) is 61.6 Å². The van der Waals surface area contributed by atoms with Crippen LogP contribution in [0.25, 0.3) is 11.0 Å². The van der Waals surface area contributed by atoms with Crippen LogP contribution in [0, 0.1) is 0 Å². The van der Waals surface area contributed by atoms with Gasteiger partial charge in [-0.2, -0.15) is 0 Å². The van der Waals surface area contributed by atoms with Gasteiger partial charge < -0.3 is 4.90 Å². The molecule has 0 aliphatic carbocycles. The standard InChI is InChI=1S/C19H18N4OS/c1-22-11-12-23(17(24)13-25-14-7-3-2-4-8-14)19-18(22)20-15-9-5-6-10-16(15)21-19/h2-10H,11-13H2,1H3. The highest BCUT2D eigenvalue weighted by Gasteiger charge is 2.28. The van der Waals surface area contributed by atoms with Crippen molar-refractivity contribution >= 4 is 40.3 Å². The molecule has 5 nitrogen and oxygen atoms in total. The van der Waals surface area contributed by atoms with Crippen molar-refractivity contribution in [2.45, 2.75) is 4.90 Å². The molecule has 0 fully saturated rings. The first-order valence-corrected chi connectivity index (χ1v) is 9.17. The summed E-state index contributed by atoms with van der Waals surface area (Å²) in [6, 6.07) is 17.7. The Morgan fingerprint density at radius 3 is 2.32 bits per heavy atom. The fourth-order valence-corrected chi connectivity index (χ4v) is 3.66. The molecule has 0 bridgehead atoms. The summed E-state index contributed by atoms with van der Waals surface area (Å²) in [6.45, 7) is 1.38. The maximum absolute atomic E-state index is 12.8. The van der Waals surface area contributed by atoms with Gasteiger partial charge in [0.15, 0.2) is 11.6 Å². The van der Waals surface area contributed by atoms with Crippen molar-refractivity contribution in [1.82, 2.24) is 9.97 Å². The van der Waals surface area contributed by atoms with Crippen molar-refractivity contribution in [3.63, 3.8) is 0 Å². The van der Waals surface area contributed by atoms with Crippen LogP contribution in [0.15, 0.2) is 59.5 Å². The van der Waals surface area contributed by atoms with Gasteiger partial charge in [0.05, 0.1) is 16.8 Å². The quantitative estimate of drug-likeness (QED) is 0.679. The Labute approximate surface area is 150 Å².